The largest absolute Gasteiger partial charge is 0.342 e. The third kappa shape index (κ3) is 8.33. The molecular weight excluding hydrogens is 538 g/mol. The van der Waals surface area contributed by atoms with E-state index in [0.29, 0.717) is 42.4 Å². The first kappa shape index (κ1) is 29.3. The van der Waals surface area contributed by atoms with Crippen molar-refractivity contribution in [2.75, 3.05) is 26.0 Å². The molecule has 0 spiro atoms. The lowest BCUT2D eigenvalue weighted by molar-refractivity contribution is -0.133. The first-order valence-corrected chi connectivity index (χ1v) is 13.7. The summed E-state index contributed by atoms with van der Waals surface area (Å²) in [7, 11) is -3.61. The van der Waals surface area contributed by atoms with Gasteiger partial charge in [-0.15, -0.1) is 0 Å². The van der Waals surface area contributed by atoms with Crippen molar-refractivity contribution >= 4 is 50.8 Å². The monoisotopic (exact) mass is 562 g/mol. The van der Waals surface area contributed by atoms with Crippen LogP contribution in [0.5, 0.6) is 0 Å². The smallest absolute Gasteiger partial charge is 0.264 e. The van der Waals surface area contributed by atoms with E-state index in [4.69, 9.17) is 44.2 Å². The molecule has 1 aliphatic heterocycles. The average molecular weight is 564 g/mol. The highest BCUT2D eigenvalue weighted by Crippen LogP contribution is 2.40. The van der Waals surface area contributed by atoms with Crippen molar-refractivity contribution in [1.29, 1.82) is 5.26 Å². The highest BCUT2D eigenvalue weighted by Gasteiger charge is 2.39. The van der Waals surface area contributed by atoms with Gasteiger partial charge in [-0.25, -0.2) is 4.39 Å². The molecule has 1 heterocycles. The highest BCUT2D eigenvalue weighted by atomic mass is 35.5. The second-order valence-corrected chi connectivity index (χ2v) is 11.1. The molecule has 35 heavy (non-hydrogen) atoms. The molecule has 0 bridgehead atoms. The molecule has 0 radical (unpaired) electrons. The summed E-state index contributed by atoms with van der Waals surface area (Å²) in [6, 6.07) is 11.3. The summed E-state index contributed by atoms with van der Waals surface area (Å²) in [5, 5.41) is 8.29. The molecule has 0 aromatic heterocycles. The lowest BCUT2D eigenvalue weighted by Gasteiger charge is -2.43. The van der Waals surface area contributed by atoms with Gasteiger partial charge in [-0.3, -0.25) is 8.98 Å². The first-order chi connectivity index (χ1) is 16.4. The zero-order valence-corrected chi connectivity index (χ0v) is 22.4. The number of hydrogen-bond acceptors (Lipinski definition) is 5. The molecule has 0 unspecified atom stereocenters. The van der Waals surface area contributed by atoms with Crippen molar-refractivity contribution in [2.45, 2.75) is 38.0 Å². The summed E-state index contributed by atoms with van der Waals surface area (Å²) >= 11 is 18.4. The number of amides is 1. The molecule has 3 rings (SSSR count). The van der Waals surface area contributed by atoms with Crippen LogP contribution >= 0.6 is 34.8 Å². The van der Waals surface area contributed by atoms with Crippen LogP contribution in [0, 0.1) is 17.1 Å². The number of piperidine rings is 1. The molecule has 11 heteroatoms. The highest BCUT2D eigenvalue weighted by molar-refractivity contribution is 7.85. The fourth-order valence-corrected chi connectivity index (χ4v) is 5.02. The maximum absolute atomic E-state index is 14.2. The Labute approximate surface area is 220 Å². The predicted octanol–water partition coefficient (Wildman–Crippen LogP) is 5.78. The quantitative estimate of drug-likeness (QED) is 0.398. The maximum Gasteiger partial charge on any atom is 0.264 e. The van der Waals surface area contributed by atoms with Crippen molar-refractivity contribution in [3.8, 4) is 6.07 Å². The molecule has 1 fully saturated rings. The topological polar surface area (TPSA) is 87.5 Å². The molecular formula is C24H26Cl3FN2O4S. The number of likely N-dealkylation sites (tertiary alicyclic amines) is 1. The van der Waals surface area contributed by atoms with Gasteiger partial charge in [0.25, 0.3) is 10.1 Å². The zero-order valence-electron chi connectivity index (χ0n) is 19.4. The molecule has 190 valence electrons. The Kier molecular flexibility index (Phi) is 10.8. The molecule has 1 saturated heterocycles. The van der Waals surface area contributed by atoms with E-state index >= 15 is 0 Å². The lowest BCUT2D eigenvalue weighted by atomic mass is 9.72. The molecule has 0 N–H and O–H groups in total. The second-order valence-electron chi connectivity index (χ2n) is 8.20. The molecule has 0 aliphatic carbocycles. The van der Waals surface area contributed by atoms with E-state index in [-0.39, 0.29) is 29.5 Å². The standard InChI is InChI=1S/C22H23Cl3FNO4S.C2H3N/c1-32(29,30)31-11-9-22(15-6-7-18(24)19(25)12-15)8-3-10-27(14-22)21(28)13-16-17(23)4-2-5-20(16)26;1-2-3/h2,4-7,12H,3,8-11,13-14H2,1H3;1H3/t22-;/m0./s1. The Morgan fingerprint density at radius 3 is 2.49 bits per heavy atom. The predicted molar refractivity (Wildman–Crippen MR) is 136 cm³/mol. The van der Waals surface area contributed by atoms with Crippen molar-refractivity contribution in [3.63, 3.8) is 0 Å². The number of benzene rings is 2. The summed E-state index contributed by atoms with van der Waals surface area (Å²) in [6.45, 7) is 2.20. The van der Waals surface area contributed by atoms with E-state index in [1.807, 2.05) is 6.07 Å². The Balaban J connectivity index is 0.00000137. The first-order valence-electron chi connectivity index (χ1n) is 10.7. The summed E-state index contributed by atoms with van der Waals surface area (Å²) in [4.78, 5) is 14.7. The van der Waals surface area contributed by atoms with Crippen LogP contribution < -0.4 is 0 Å². The number of halogens is 4. The van der Waals surface area contributed by atoms with Crippen LogP contribution in [0.4, 0.5) is 4.39 Å². The number of hydrogen-bond donors (Lipinski definition) is 0. The third-order valence-electron chi connectivity index (χ3n) is 5.73. The summed E-state index contributed by atoms with van der Waals surface area (Å²) in [6.07, 6.45) is 2.55. The lowest BCUT2D eigenvalue weighted by Crippen LogP contribution is -2.49. The Hall–Kier alpha value is -1.89. The summed E-state index contributed by atoms with van der Waals surface area (Å²) in [5.74, 6) is -0.787. The Morgan fingerprint density at radius 2 is 1.89 bits per heavy atom. The molecule has 1 amide bonds. The molecule has 6 nitrogen and oxygen atoms in total. The minimum Gasteiger partial charge on any atom is -0.342 e. The number of nitriles is 1. The minimum atomic E-state index is -3.61. The number of rotatable bonds is 7. The van der Waals surface area contributed by atoms with Gasteiger partial charge in [-0.1, -0.05) is 46.9 Å². The molecule has 2 aromatic carbocycles. The summed E-state index contributed by atoms with van der Waals surface area (Å²) < 4.78 is 42.2. The van der Waals surface area contributed by atoms with Gasteiger partial charge in [0.15, 0.2) is 0 Å². The van der Waals surface area contributed by atoms with Crippen LogP contribution in [0.1, 0.15) is 37.3 Å². The number of nitrogens with zero attached hydrogens (tertiary/aromatic N) is 2. The molecule has 0 saturated carbocycles. The van der Waals surface area contributed by atoms with Gasteiger partial charge < -0.3 is 4.90 Å². The van der Waals surface area contributed by atoms with E-state index in [0.717, 1.165) is 11.8 Å². The van der Waals surface area contributed by atoms with E-state index in [2.05, 4.69) is 0 Å². The van der Waals surface area contributed by atoms with Crippen LogP contribution in [0.3, 0.4) is 0 Å². The van der Waals surface area contributed by atoms with E-state index < -0.39 is 21.4 Å². The van der Waals surface area contributed by atoms with Crippen LogP contribution in [-0.2, 0) is 30.9 Å². The number of carbonyl (C=O) groups excluding carboxylic acids is 1. The van der Waals surface area contributed by atoms with Crippen molar-refractivity contribution < 1.29 is 21.8 Å². The van der Waals surface area contributed by atoms with Gasteiger partial charge in [-0.2, -0.15) is 13.7 Å². The van der Waals surface area contributed by atoms with Crippen LogP contribution in [-0.4, -0.2) is 45.2 Å². The van der Waals surface area contributed by atoms with E-state index in [1.54, 1.807) is 29.2 Å². The van der Waals surface area contributed by atoms with E-state index in [9.17, 15) is 17.6 Å². The van der Waals surface area contributed by atoms with Gasteiger partial charge in [-0.05, 0) is 49.1 Å². The van der Waals surface area contributed by atoms with E-state index in [1.165, 1.54) is 19.1 Å². The van der Waals surface area contributed by atoms with Gasteiger partial charge in [0.1, 0.15) is 5.82 Å². The fraction of sp³-hybridized carbons (Fsp3) is 0.417. The average Bonchev–Trinajstić information content (AvgIpc) is 2.78. The van der Waals surface area contributed by atoms with Gasteiger partial charge in [0.05, 0.1) is 35.4 Å². The third-order valence-corrected chi connectivity index (χ3v) is 7.42. The number of carbonyl (C=O) groups is 1. The molecule has 1 aliphatic rings. The SMILES string of the molecule is CC#N.CS(=O)(=O)OCC[C@@]1(c2ccc(Cl)c(Cl)c2)CCCN(C(=O)Cc2c(F)cccc2Cl)C1. The normalized spacial score (nSPS) is 17.8. The Bertz CT molecular complexity index is 1180. The summed E-state index contributed by atoms with van der Waals surface area (Å²) in [5.41, 5.74) is 0.405. The molecule has 2 aromatic rings. The van der Waals surface area contributed by atoms with Gasteiger partial charge in [0.2, 0.25) is 5.91 Å². The maximum atomic E-state index is 14.2. The van der Waals surface area contributed by atoms with Crippen molar-refractivity contribution in [3.05, 3.63) is 68.4 Å². The second kappa shape index (κ2) is 12.9. The zero-order chi connectivity index (χ0) is 26.2. The van der Waals surface area contributed by atoms with Crippen molar-refractivity contribution in [1.82, 2.24) is 4.90 Å². The van der Waals surface area contributed by atoms with Crippen LogP contribution in [0.25, 0.3) is 0 Å². The van der Waals surface area contributed by atoms with Crippen LogP contribution in [0.15, 0.2) is 36.4 Å². The molecule has 1 atom stereocenters. The van der Waals surface area contributed by atoms with Crippen molar-refractivity contribution in [2.24, 2.45) is 0 Å². The fourth-order valence-electron chi connectivity index (χ4n) is 4.11. The van der Waals surface area contributed by atoms with Gasteiger partial charge in [0, 0.05) is 36.0 Å². The Morgan fingerprint density at radius 1 is 1.20 bits per heavy atom. The van der Waals surface area contributed by atoms with Gasteiger partial charge >= 0.3 is 0 Å². The minimum absolute atomic E-state index is 0.0414. The van der Waals surface area contributed by atoms with Crippen LogP contribution in [0.2, 0.25) is 15.1 Å².